The number of nitrogens with zero attached hydrogens (tertiary/aromatic N) is 3. The summed E-state index contributed by atoms with van der Waals surface area (Å²) in [5, 5.41) is 8.66. The first-order valence-electron chi connectivity index (χ1n) is 4.84. The molecule has 0 aliphatic rings. The Bertz CT molecular complexity index is 499. The third-order valence-electron chi connectivity index (χ3n) is 1.94. The maximum atomic E-state index is 10.6. The van der Waals surface area contributed by atoms with Crippen molar-refractivity contribution in [2.75, 3.05) is 0 Å². The predicted octanol–water partition coefficient (Wildman–Crippen LogP) is 1.15. The van der Waals surface area contributed by atoms with Crippen molar-refractivity contribution in [1.82, 2.24) is 15.0 Å². The predicted molar refractivity (Wildman–Crippen MR) is 57.6 cm³/mol. The van der Waals surface area contributed by atoms with E-state index in [1.807, 2.05) is 0 Å². The van der Waals surface area contributed by atoms with Gasteiger partial charge in [-0.15, -0.1) is 0 Å². The molecule has 0 atom stereocenters. The van der Waals surface area contributed by atoms with Gasteiger partial charge in [-0.25, -0.2) is 19.7 Å². The molecule has 0 unspecified atom stereocenters. The highest BCUT2D eigenvalue weighted by molar-refractivity contribution is 5.85. The van der Waals surface area contributed by atoms with Gasteiger partial charge >= 0.3 is 5.97 Å². The summed E-state index contributed by atoms with van der Waals surface area (Å²) in [5.74, 6) is -0.0415. The van der Waals surface area contributed by atoms with Gasteiger partial charge in [-0.1, -0.05) is 0 Å². The van der Waals surface area contributed by atoms with Crippen molar-refractivity contribution in [2.24, 2.45) is 0 Å². The first kappa shape index (κ1) is 11.0. The molecule has 0 aliphatic heterocycles. The molecule has 2 rings (SSSR count). The van der Waals surface area contributed by atoms with Gasteiger partial charge in [0.25, 0.3) is 0 Å². The number of hydrogen-bond acceptors (Lipinski definition) is 5. The number of aromatic carboxylic acids is 1. The van der Waals surface area contributed by atoms with Crippen LogP contribution in [-0.4, -0.2) is 26.0 Å². The van der Waals surface area contributed by atoms with Crippen LogP contribution in [0.5, 0.6) is 5.75 Å². The van der Waals surface area contributed by atoms with Crippen LogP contribution < -0.4 is 4.74 Å². The first-order chi connectivity index (χ1) is 8.25. The summed E-state index contributed by atoms with van der Waals surface area (Å²) in [4.78, 5) is 22.3. The fraction of sp³-hybridized carbons (Fsp3) is 0.0909. The van der Waals surface area contributed by atoms with Crippen LogP contribution in [0.4, 0.5) is 0 Å². The fourth-order valence-corrected chi connectivity index (χ4v) is 1.14. The van der Waals surface area contributed by atoms with Crippen molar-refractivity contribution in [3.05, 3.63) is 48.3 Å². The van der Waals surface area contributed by atoms with Gasteiger partial charge in [0.2, 0.25) is 0 Å². The van der Waals surface area contributed by atoms with Crippen molar-refractivity contribution in [3.63, 3.8) is 0 Å². The molecule has 0 aliphatic carbocycles. The zero-order chi connectivity index (χ0) is 12.1. The van der Waals surface area contributed by atoms with Crippen LogP contribution in [0.3, 0.4) is 0 Å². The second kappa shape index (κ2) is 5.02. The molecule has 0 saturated carbocycles. The van der Waals surface area contributed by atoms with Crippen LogP contribution in [0.1, 0.15) is 16.3 Å². The summed E-state index contributed by atoms with van der Waals surface area (Å²) in [5.41, 5.74) is -0.0201. The normalized spacial score (nSPS) is 9.88. The molecular formula is C11H9N3O3. The Morgan fingerprint density at radius 3 is 2.59 bits per heavy atom. The number of carbonyl (C=O) groups is 1. The molecule has 0 saturated heterocycles. The lowest BCUT2D eigenvalue weighted by molar-refractivity contribution is 0.0690. The maximum Gasteiger partial charge on any atom is 0.354 e. The number of carboxylic acids is 1. The minimum absolute atomic E-state index is 0.0201. The molecule has 0 amide bonds. The molecule has 0 bridgehead atoms. The van der Waals surface area contributed by atoms with E-state index in [-0.39, 0.29) is 12.3 Å². The molecule has 2 aromatic rings. The van der Waals surface area contributed by atoms with Crippen LogP contribution in [0.25, 0.3) is 0 Å². The molecule has 0 aromatic carbocycles. The topological polar surface area (TPSA) is 85.2 Å². The highest BCUT2D eigenvalue weighted by Crippen LogP contribution is 2.10. The Labute approximate surface area is 96.9 Å². The van der Waals surface area contributed by atoms with E-state index < -0.39 is 5.97 Å². The van der Waals surface area contributed by atoms with Gasteiger partial charge in [-0.05, 0) is 18.2 Å². The van der Waals surface area contributed by atoms with Crippen molar-refractivity contribution >= 4 is 5.97 Å². The van der Waals surface area contributed by atoms with E-state index >= 15 is 0 Å². The molecule has 0 radical (unpaired) electrons. The Hall–Kier alpha value is -2.50. The van der Waals surface area contributed by atoms with E-state index in [1.165, 1.54) is 12.3 Å². The summed E-state index contributed by atoms with van der Waals surface area (Å²) in [7, 11) is 0. The number of hydrogen-bond donors (Lipinski definition) is 1. The second-order valence-electron chi connectivity index (χ2n) is 3.14. The first-order valence-corrected chi connectivity index (χ1v) is 4.84. The fourth-order valence-electron chi connectivity index (χ4n) is 1.14. The zero-order valence-corrected chi connectivity index (χ0v) is 8.78. The number of ether oxygens (including phenoxy) is 1. The van der Waals surface area contributed by atoms with Gasteiger partial charge in [0.15, 0.2) is 5.82 Å². The quantitative estimate of drug-likeness (QED) is 0.849. The van der Waals surface area contributed by atoms with Crippen LogP contribution >= 0.6 is 0 Å². The molecule has 0 spiro atoms. The van der Waals surface area contributed by atoms with Gasteiger partial charge in [0, 0.05) is 12.4 Å². The summed E-state index contributed by atoms with van der Waals surface area (Å²) < 4.78 is 5.35. The Kier molecular flexibility index (Phi) is 3.25. The monoisotopic (exact) mass is 231 g/mol. The van der Waals surface area contributed by atoms with Gasteiger partial charge in [0.05, 0.1) is 6.20 Å². The highest BCUT2D eigenvalue weighted by atomic mass is 16.5. The largest absolute Gasteiger partial charge is 0.484 e. The molecule has 1 N–H and O–H groups in total. The maximum absolute atomic E-state index is 10.6. The van der Waals surface area contributed by atoms with Gasteiger partial charge in [0.1, 0.15) is 18.1 Å². The number of pyridine rings is 1. The average molecular weight is 231 g/mol. The van der Waals surface area contributed by atoms with Crippen LogP contribution in [-0.2, 0) is 6.61 Å². The van der Waals surface area contributed by atoms with Crippen LogP contribution in [0.15, 0.2) is 36.8 Å². The van der Waals surface area contributed by atoms with E-state index in [0.29, 0.717) is 11.6 Å². The zero-order valence-electron chi connectivity index (χ0n) is 8.78. The van der Waals surface area contributed by atoms with E-state index in [2.05, 4.69) is 15.0 Å². The standard InChI is InChI=1S/C11H9N3O3/c15-11(16)9-3-2-8(6-14-9)17-7-10-12-4-1-5-13-10/h1-6H,7H2,(H,15,16). The molecule has 6 heteroatoms. The molecule has 2 aromatic heterocycles. The lowest BCUT2D eigenvalue weighted by Crippen LogP contribution is -2.02. The van der Waals surface area contributed by atoms with Crippen molar-refractivity contribution in [1.29, 1.82) is 0 Å². The van der Waals surface area contributed by atoms with Gasteiger partial charge in [-0.3, -0.25) is 0 Å². The van der Waals surface area contributed by atoms with E-state index in [9.17, 15) is 4.79 Å². The molecule has 2 heterocycles. The van der Waals surface area contributed by atoms with E-state index in [4.69, 9.17) is 9.84 Å². The summed E-state index contributed by atoms with van der Waals surface area (Å²) in [6.07, 6.45) is 4.60. The third kappa shape index (κ3) is 2.97. The van der Waals surface area contributed by atoms with Crippen LogP contribution in [0.2, 0.25) is 0 Å². The minimum Gasteiger partial charge on any atom is -0.484 e. The summed E-state index contributed by atoms with van der Waals surface area (Å²) >= 11 is 0. The smallest absolute Gasteiger partial charge is 0.354 e. The molecular weight excluding hydrogens is 222 g/mol. The third-order valence-corrected chi connectivity index (χ3v) is 1.94. The van der Waals surface area contributed by atoms with E-state index in [1.54, 1.807) is 24.5 Å². The Morgan fingerprint density at radius 2 is 2.00 bits per heavy atom. The van der Waals surface area contributed by atoms with Crippen molar-refractivity contribution < 1.29 is 14.6 Å². The van der Waals surface area contributed by atoms with Crippen LogP contribution in [0, 0.1) is 0 Å². The second-order valence-corrected chi connectivity index (χ2v) is 3.14. The molecule has 86 valence electrons. The number of carboxylic acid groups (broad SMARTS) is 1. The van der Waals surface area contributed by atoms with E-state index in [0.717, 1.165) is 0 Å². The lowest BCUT2D eigenvalue weighted by Gasteiger charge is -2.04. The lowest BCUT2D eigenvalue weighted by atomic mass is 10.3. The SMILES string of the molecule is O=C(O)c1ccc(OCc2ncccn2)cn1. The minimum atomic E-state index is -1.07. The number of rotatable bonds is 4. The summed E-state index contributed by atoms with van der Waals surface area (Å²) in [6.45, 7) is 0.217. The van der Waals surface area contributed by atoms with Crippen molar-refractivity contribution in [2.45, 2.75) is 6.61 Å². The Morgan fingerprint density at radius 1 is 1.24 bits per heavy atom. The molecule has 17 heavy (non-hydrogen) atoms. The number of aromatic nitrogens is 3. The average Bonchev–Trinajstić information content (AvgIpc) is 2.38. The van der Waals surface area contributed by atoms with Gasteiger partial charge < -0.3 is 9.84 Å². The molecule has 0 fully saturated rings. The molecule has 6 nitrogen and oxygen atoms in total. The van der Waals surface area contributed by atoms with Gasteiger partial charge in [-0.2, -0.15) is 0 Å². The summed E-state index contributed by atoms with van der Waals surface area (Å²) in [6, 6.07) is 4.63. The highest BCUT2D eigenvalue weighted by Gasteiger charge is 2.04. The van der Waals surface area contributed by atoms with Crippen molar-refractivity contribution in [3.8, 4) is 5.75 Å². The Balaban J connectivity index is 1.98.